The Balaban J connectivity index is 2.57. The molecule has 0 aliphatic rings. The highest BCUT2D eigenvalue weighted by atomic mass is 32.1. The first-order valence-corrected chi connectivity index (χ1v) is 6.25. The quantitative estimate of drug-likeness (QED) is 0.446. The van der Waals surface area contributed by atoms with Crippen LogP contribution in [0.15, 0.2) is 23.3 Å². The molecule has 102 valence electrons. The fourth-order valence-corrected chi connectivity index (χ4v) is 1.49. The number of thiocarbonyl (C=S) groups is 1. The topological polar surface area (TPSA) is 79.5 Å². The summed E-state index contributed by atoms with van der Waals surface area (Å²) in [6, 6.07) is 5.78. The Hall–Kier alpha value is -1.95. The van der Waals surface area contributed by atoms with E-state index in [-0.39, 0.29) is 17.4 Å². The average molecular weight is 278 g/mol. The number of carbonyl (C=O) groups excluding carboxylic acids is 1. The van der Waals surface area contributed by atoms with Crippen LogP contribution in [0, 0.1) is 13.8 Å². The predicted octanol–water partition coefficient (Wildman–Crippen LogP) is 1.84. The zero-order valence-corrected chi connectivity index (χ0v) is 12.1. The third-order valence-corrected chi connectivity index (χ3v) is 2.66. The molecule has 19 heavy (non-hydrogen) atoms. The van der Waals surface area contributed by atoms with Gasteiger partial charge >= 0.3 is 0 Å². The second-order valence-electron chi connectivity index (χ2n) is 4.35. The fourth-order valence-electron chi connectivity index (χ4n) is 1.45. The molecule has 0 atom stereocenters. The van der Waals surface area contributed by atoms with Crippen LogP contribution in [0.5, 0.6) is 0 Å². The molecule has 0 aromatic heterocycles. The summed E-state index contributed by atoms with van der Waals surface area (Å²) >= 11 is 4.62. The largest absolute Gasteiger partial charge is 0.375 e. The highest BCUT2D eigenvalue weighted by Crippen LogP contribution is 2.14. The molecule has 1 aromatic rings. The van der Waals surface area contributed by atoms with Gasteiger partial charge < -0.3 is 11.1 Å². The minimum atomic E-state index is -0.130. The Labute approximate surface area is 118 Å². The van der Waals surface area contributed by atoms with Gasteiger partial charge in [-0.3, -0.25) is 10.2 Å². The van der Waals surface area contributed by atoms with Crippen molar-refractivity contribution in [1.82, 2.24) is 5.43 Å². The van der Waals surface area contributed by atoms with Gasteiger partial charge in [0.2, 0.25) is 5.91 Å². The van der Waals surface area contributed by atoms with E-state index in [1.807, 2.05) is 32.0 Å². The number of nitrogens with two attached hydrogens (primary N) is 1. The van der Waals surface area contributed by atoms with Crippen molar-refractivity contribution in [3.05, 3.63) is 29.3 Å². The van der Waals surface area contributed by atoms with Gasteiger partial charge in [0.1, 0.15) is 0 Å². The summed E-state index contributed by atoms with van der Waals surface area (Å²) in [5.74, 6) is -0.130. The standard InChI is InChI=1S/C13H18N4OS/c1-8-4-5-11(6-9(8)2)15-12(18)7-10(3)16-17-13(14)19/h4-6H,7H2,1-3H3,(H,15,18)(H3,14,17,19)/b16-10-. The van der Waals surface area contributed by atoms with E-state index in [0.717, 1.165) is 11.3 Å². The van der Waals surface area contributed by atoms with Gasteiger partial charge in [-0.15, -0.1) is 0 Å². The van der Waals surface area contributed by atoms with Crippen LogP contribution in [0.4, 0.5) is 5.69 Å². The molecule has 0 spiro atoms. The van der Waals surface area contributed by atoms with Gasteiger partial charge in [-0.2, -0.15) is 5.10 Å². The van der Waals surface area contributed by atoms with Crippen molar-refractivity contribution in [2.45, 2.75) is 27.2 Å². The smallest absolute Gasteiger partial charge is 0.230 e. The normalized spacial score (nSPS) is 11.0. The van der Waals surface area contributed by atoms with Crippen LogP contribution in [0.3, 0.4) is 0 Å². The summed E-state index contributed by atoms with van der Waals surface area (Å²) in [5, 5.41) is 6.77. The van der Waals surface area contributed by atoms with Crippen molar-refractivity contribution >= 4 is 34.6 Å². The Morgan fingerprint density at radius 3 is 2.63 bits per heavy atom. The van der Waals surface area contributed by atoms with Crippen molar-refractivity contribution in [2.75, 3.05) is 5.32 Å². The molecule has 0 aliphatic heterocycles. The minimum absolute atomic E-state index is 0.0777. The molecule has 1 aromatic carbocycles. The maximum absolute atomic E-state index is 11.8. The zero-order chi connectivity index (χ0) is 14.4. The fraction of sp³-hybridized carbons (Fsp3) is 0.308. The van der Waals surface area contributed by atoms with Gasteiger partial charge in [-0.1, -0.05) is 6.07 Å². The van der Waals surface area contributed by atoms with Gasteiger partial charge in [0.25, 0.3) is 0 Å². The molecule has 0 heterocycles. The van der Waals surface area contributed by atoms with Crippen LogP contribution in [-0.2, 0) is 4.79 Å². The van der Waals surface area contributed by atoms with E-state index in [1.165, 1.54) is 5.56 Å². The maximum Gasteiger partial charge on any atom is 0.230 e. The van der Waals surface area contributed by atoms with Gasteiger partial charge in [0.05, 0.1) is 6.42 Å². The summed E-state index contributed by atoms with van der Waals surface area (Å²) in [6.07, 6.45) is 0.183. The molecular weight excluding hydrogens is 260 g/mol. The third kappa shape index (κ3) is 5.48. The maximum atomic E-state index is 11.8. The van der Waals surface area contributed by atoms with Crippen LogP contribution in [0.1, 0.15) is 24.5 Å². The van der Waals surface area contributed by atoms with Crippen LogP contribution in [0.25, 0.3) is 0 Å². The van der Waals surface area contributed by atoms with E-state index in [1.54, 1.807) is 6.92 Å². The van der Waals surface area contributed by atoms with Crippen molar-refractivity contribution in [2.24, 2.45) is 10.8 Å². The SMILES string of the molecule is C/C(CC(=O)Nc1ccc(C)c(C)c1)=N/NC(N)=S. The number of nitrogens with one attached hydrogen (secondary N) is 2. The van der Waals surface area contributed by atoms with E-state index in [2.05, 4.69) is 28.1 Å². The second-order valence-corrected chi connectivity index (χ2v) is 4.79. The molecule has 0 saturated carbocycles. The number of rotatable bonds is 4. The van der Waals surface area contributed by atoms with E-state index in [4.69, 9.17) is 5.73 Å². The molecule has 0 radical (unpaired) electrons. The first kappa shape index (κ1) is 15.1. The highest BCUT2D eigenvalue weighted by Gasteiger charge is 2.05. The zero-order valence-electron chi connectivity index (χ0n) is 11.3. The van der Waals surface area contributed by atoms with Gasteiger partial charge in [-0.05, 0) is 56.2 Å². The minimum Gasteiger partial charge on any atom is -0.375 e. The molecule has 1 amide bonds. The van der Waals surface area contributed by atoms with E-state index in [0.29, 0.717) is 5.71 Å². The number of anilines is 1. The molecule has 4 N–H and O–H groups in total. The first-order valence-electron chi connectivity index (χ1n) is 5.84. The molecule has 1 rings (SSSR count). The number of aryl methyl sites for hydroxylation is 2. The molecule has 5 nitrogen and oxygen atoms in total. The Morgan fingerprint density at radius 1 is 1.37 bits per heavy atom. The molecule has 0 unspecified atom stereocenters. The molecular formula is C13H18N4OS. The summed E-state index contributed by atoms with van der Waals surface area (Å²) in [5.41, 5.74) is 11.4. The summed E-state index contributed by atoms with van der Waals surface area (Å²) in [6.45, 7) is 5.76. The van der Waals surface area contributed by atoms with Crippen LogP contribution < -0.4 is 16.5 Å². The molecule has 0 fully saturated rings. The number of hydrazone groups is 1. The van der Waals surface area contributed by atoms with Crippen molar-refractivity contribution < 1.29 is 4.79 Å². The second kappa shape index (κ2) is 6.84. The highest BCUT2D eigenvalue weighted by molar-refractivity contribution is 7.80. The van der Waals surface area contributed by atoms with Crippen LogP contribution >= 0.6 is 12.2 Å². The van der Waals surface area contributed by atoms with E-state index < -0.39 is 0 Å². The molecule has 0 bridgehead atoms. The number of hydrogen-bond donors (Lipinski definition) is 3. The lowest BCUT2D eigenvalue weighted by Crippen LogP contribution is -2.26. The number of nitrogens with zero attached hydrogens (tertiary/aromatic N) is 1. The number of hydrogen-bond acceptors (Lipinski definition) is 3. The average Bonchev–Trinajstić information content (AvgIpc) is 2.31. The van der Waals surface area contributed by atoms with Gasteiger partial charge in [0.15, 0.2) is 5.11 Å². The Kier molecular flexibility index (Phi) is 5.44. The molecule has 6 heteroatoms. The number of amides is 1. The summed E-state index contributed by atoms with van der Waals surface area (Å²) in [4.78, 5) is 11.8. The number of benzene rings is 1. The van der Waals surface area contributed by atoms with E-state index >= 15 is 0 Å². The lowest BCUT2D eigenvalue weighted by Gasteiger charge is -2.07. The van der Waals surface area contributed by atoms with Crippen LogP contribution in [0.2, 0.25) is 0 Å². The lowest BCUT2D eigenvalue weighted by atomic mass is 10.1. The Bertz CT molecular complexity index is 525. The summed E-state index contributed by atoms with van der Waals surface area (Å²) < 4.78 is 0. The number of carbonyl (C=O) groups is 1. The van der Waals surface area contributed by atoms with Crippen molar-refractivity contribution in [1.29, 1.82) is 0 Å². The summed E-state index contributed by atoms with van der Waals surface area (Å²) in [7, 11) is 0. The van der Waals surface area contributed by atoms with Crippen LogP contribution in [-0.4, -0.2) is 16.7 Å². The lowest BCUT2D eigenvalue weighted by molar-refractivity contribution is -0.115. The van der Waals surface area contributed by atoms with Crippen molar-refractivity contribution in [3.63, 3.8) is 0 Å². The van der Waals surface area contributed by atoms with E-state index in [9.17, 15) is 4.79 Å². The first-order chi connectivity index (χ1) is 8.88. The third-order valence-electron chi connectivity index (χ3n) is 2.56. The van der Waals surface area contributed by atoms with Crippen molar-refractivity contribution in [3.8, 4) is 0 Å². The van der Waals surface area contributed by atoms with Gasteiger partial charge in [-0.25, -0.2) is 0 Å². The molecule has 0 aliphatic carbocycles. The Morgan fingerprint density at radius 2 is 2.05 bits per heavy atom. The molecule has 0 saturated heterocycles. The monoisotopic (exact) mass is 278 g/mol. The van der Waals surface area contributed by atoms with Gasteiger partial charge in [0, 0.05) is 11.4 Å². The predicted molar refractivity (Wildman–Crippen MR) is 82.2 cm³/mol.